The molecule has 3 heterocycles. The number of carbonyl (C=O) groups excluding carboxylic acids is 2. The molecule has 0 aliphatic carbocycles. The molecule has 4 rings (SSSR count). The highest BCUT2D eigenvalue weighted by Crippen LogP contribution is 2.31. The molecule has 2 aliphatic heterocycles. The van der Waals surface area contributed by atoms with Gasteiger partial charge in [0.1, 0.15) is 17.3 Å². The highest BCUT2D eigenvalue weighted by Gasteiger charge is 2.33. The van der Waals surface area contributed by atoms with Gasteiger partial charge in [-0.05, 0) is 31.0 Å². The first-order valence-corrected chi connectivity index (χ1v) is 9.41. The molecule has 1 aromatic heterocycles. The predicted molar refractivity (Wildman–Crippen MR) is 103 cm³/mol. The Kier molecular flexibility index (Phi) is 5.19. The van der Waals surface area contributed by atoms with Gasteiger partial charge in [-0.2, -0.15) is 13.2 Å². The second-order valence-electron chi connectivity index (χ2n) is 7.13. The molecule has 0 spiro atoms. The highest BCUT2D eigenvalue weighted by atomic mass is 19.4. The minimum Gasteiger partial charge on any atom is -0.426 e. The van der Waals surface area contributed by atoms with Gasteiger partial charge in [-0.3, -0.25) is 9.59 Å². The largest absolute Gasteiger partial charge is 0.433 e. The maximum Gasteiger partial charge on any atom is 0.433 e. The summed E-state index contributed by atoms with van der Waals surface area (Å²) >= 11 is 0. The van der Waals surface area contributed by atoms with E-state index in [9.17, 15) is 22.8 Å². The fraction of sp³-hybridized carbons (Fsp3) is 0.286. The quantitative estimate of drug-likeness (QED) is 0.468. The lowest BCUT2D eigenvalue weighted by Gasteiger charge is -2.29. The van der Waals surface area contributed by atoms with Crippen molar-refractivity contribution in [2.75, 3.05) is 23.3 Å². The molecule has 0 radical (unpaired) electrons. The number of ether oxygens (including phenoxy) is 1. The maximum absolute atomic E-state index is 12.9. The second-order valence-corrected chi connectivity index (χ2v) is 7.13. The van der Waals surface area contributed by atoms with Crippen LogP contribution in [0.3, 0.4) is 0 Å². The fourth-order valence-electron chi connectivity index (χ4n) is 3.48. The van der Waals surface area contributed by atoms with E-state index < -0.39 is 11.9 Å². The van der Waals surface area contributed by atoms with Crippen molar-refractivity contribution in [1.29, 1.82) is 0 Å². The standard InChI is InChI=1S/C21H18F3N3O3/c22-21(23,24)17-2-1-3-18(26-17)27-8-6-13(7-9-27)10-19(28)25-15-5-4-14-11-20(29)30-16(14)12-15/h1-5,10,12H,6-9,11H2,(H,25,28). The number of alkyl halides is 3. The Morgan fingerprint density at radius 1 is 1.17 bits per heavy atom. The van der Waals surface area contributed by atoms with Crippen LogP contribution in [0.15, 0.2) is 48.0 Å². The molecule has 9 heteroatoms. The van der Waals surface area contributed by atoms with Crippen LogP contribution >= 0.6 is 0 Å². The highest BCUT2D eigenvalue weighted by molar-refractivity contribution is 6.00. The van der Waals surface area contributed by atoms with E-state index in [0.717, 1.165) is 17.2 Å². The van der Waals surface area contributed by atoms with Crippen LogP contribution in [0.4, 0.5) is 24.7 Å². The van der Waals surface area contributed by atoms with Crippen LogP contribution in [-0.2, 0) is 22.2 Å². The molecule has 0 saturated carbocycles. The van der Waals surface area contributed by atoms with Crippen molar-refractivity contribution in [1.82, 2.24) is 4.98 Å². The lowest BCUT2D eigenvalue weighted by Crippen LogP contribution is -2.32. The Balaban J connectivity index is 1.36. The second kappa shape index (κ2) is 7.81. The molecular formula is C21H18F3N3O3. The zero-order valence-electron chi connectivity index (χ0n) is 15.8. The molecule has 30 heavy (non-hydrogen) atoms. The van der Waals surface area contributed by atoms with Crippen LogP contribution < -0.4 is 15.0 Å². The number of amides is 1. The fourth-order valence-corrected chi connectivity index (χ4v) is 3.48. The summed E-state index contributed by atoms with van der Waals surface area (Å²) in [7, 11) is 0. The van der Waals surface area contributed by atoms with Gasteiger partial charge in [0.05, 0.1) is 6.42 Å². The number of pyridine rings is 1. The third kappa shape index (κ3) is 4.45. The minimum absolute atomic E-state index is 0.227. The van der Waals surface area contributed by atoms with Crippen LogP contribution in [0.2, 0.25) is 0 Å². The Morgan fingerprint density at radius 2 is 1.93 bits per heavy atom. The molecule has 2 aromatic rings. The SMILES string of the molecule is O=C(C=C1CCN(c2cccc(C(F)(F)F)n2)CC1)Nc1ccc2c(c1)OC(=O)C2. The molecular weight excluding hydrogens is 399 g/mol. The number of hydrogen-bond donors (Lipinski definition) is 1. The average Bonchev–Trinajstić information content (AvgIpc) is 3.07. The van der Waals surface area contributed by atoms with Crippen LogP contribution in [-0.4, -0.2) is 29.9 Å². The molecule has 1 saturated heterocycles. The van der Waals surface area contributed by atoms with Crippen molar-refractivity contribution in [3.05, 3.63) is 59.3 Å². The zero-order valence-corrected chi connectivity index (χ0v) is 15.8. The molecule has 0 unspecified atom stereocenters. The van der Waals surface area contributed by atoms with Gasteiger partial charge in [-0.25, -0.2) is 4.98 Å². The molecule has 1 aromatic carbocycles. The van der Waals surface area contributed by atoms with E-state index in [1.807, 2.05) is 0 Å². The Labute approximate surface area is 170 Å². The Morgan fingerprint density at radius 3 is 2.67 bits per heavy atom. The molecule has 2 aliphatic rings. The van der Waals surface area contributed by atoms with Crippen LogP contribution in [0, 0.1) is 0 Å². The molecule has 0 bridgehead atoms. The molecule has 6 nitrogen and oxygen atoms in total. The number of benzene rings is 1. The van der Waals surface area contributed by atoms with Crippen molar-refractivity contribution in [2.24, 2.45) is 0 Å². The van der Waals surface area contributed by atoms with Crippen molar-refractivity contribution in [3.8, 4) is 5.75 Å². The number of rotatable bonds is 3. The molecule has 0 atom stereocenters. The monoisotopic (exact) mass is 417 g/mol. The first kappa shape index (κ1) is 19.9. The smallest absolute Gasteiger partial charge is 0.426 e. The van der Waals surface area contributed by atoms with Crippen molar-refractivity contribution >= 4 is 23.4 Å². The van der Waals surface area contributed by atoms with Gasteiger partial charge in [0.25, 0.3) is 0 Å². The van der Waals surface area contributed by atoms with E-state index >= 15 is 0 Å². The van der Waals surface area contributed by atoms with E-state index in [1.54, 1.807) is 29.2 Å². The van der Waals surface area contributed by atoms with Gasteiger partial charge in [0.2, 0.25) is 5.91 Å². The Hall–Kier alpha value is -3.36. The molecule has 1 fully saturated rings. The topological polar surface area (TPSA) is 71.5 Å². The van der Waals surface area contributed by atoms with Gasteiger partial charge in [-0.1, -0.05) is 17.7 Å². The normalized spacial score (nSPS) is 16.2. The van der Waals surface area contributed by atoms with E-state index in [1.165, 1.54) is 12.1 Å². The van der Waals surface area contributed by atoms with Gasteiger partial charge >= 0.3 is 12.1 Å². The number of piperidine rings is 1. The number of anilines is 2. The first-order chi connectivity index (χ1) is 14.3. The van der Waals surface area contributed by atoms with Crippen molar-refractivity contribution < 1.29 is 27.5 Å². The number of carbonyl (C=O) groups is 2. The van der Waals surface area contributed by atoms with E-state index in [-0.39, 0.29) is 24.1 Å². The third-order valence-electron chi connectivity index (χ3n) is 4.98. The number of halogens is 3. The summed E-state index contributed by atoms with van der Waals surface area (Å²) in [5.41, 5.74) is 1.30. The Bertz CT molecular complexity index is 1020. The van der Waals surface area contributed by atoms with Crippen molar-refractivity contribution in [3.63, 3.8) is 0 Å². The number of aromatic nitrogens is 1. The van der Waals surface area contributed by atoms with E-state index in [4.69, 9.17) is 4.74 Å². The predicted octanol–water partition coefficient (Wildman–Crippen LogP) is 3.73. The first-order valence-electron chi connectivity index (χ1n) is 9.41. The summed E-state index contributed by atoms with van der Waals surface area (Å²) in [4.78, 5) is 29.1. The lowest BCUT2D eigenvalue weighted by molar-refractivity contribution is -0.141. The summed E-state index contributed by atoms with van der Waals surface area (Å²) in [6.45, 7) is 0.949. The average molecular weight is 417 g/mol. The summed E-state index contributed by atoms with van der Waals surface area (Å²) in [6.07, 6.45) is -1.65. The molecule has 156 valence electrons. The summed E-state index contributed by atoms with van der Waals surface area (Å²) in [6, 6.07) is 8.90. The summed E-state index contributed by atoms with van der Waals surface area (Å²) in [5, 5.41) is 2.74. The van der Waals surface area contributed by atoms with Gasteiger partial charge < -0.3 is 15.0 Å². The van der Waals surface area contributed by atoms with Crippen molar-refractivity contribution in [2.45, 2.75) is 25.4 Å². The number of hydrogen-bond acceptors (Lipinski definition) is 5. The lowest BCUT2D eigenvalue weighted by atomic mass is 10.0. The van der Waals surface area contributed by atoms with E-state index in [2.05, 4.69) is 10.3 Å². The number of nitrogens with one attached hydrogen (secondary N) is 1. The van der Waals surface area contributed by atoms with Gasteiger partial charge in [-0.15, -0.1) is 0 Å². The maximum atomic E-state index is 12.9. The molecule has 1 N–H and O–H groups in total. The zero-order chi connectivity index (χ0) is 21.3. The number of nitrogens with zero attached hydrogens (tertiary/aromatic N) is 2. The summed E-state index contributed by atoms with van der Waals surface area (Å²) < 4.78 is 43.6. The third-order valence-corrected chi connectivity index (χ3v) is 4.98. The van der Waals surface area contributed by atoms with Gasteiger partial charge in [0.15, 0.2) is 0 Å². The number of fused-ring (bicyclic) bond motifs is 1. The van der Waals surface area contributed by atoms with E-state index in [0.29, 0.717) is 37.4 Å². The van der Waals surface area contributed by atoms with Crippen LogP contribution in [0.5, 0.6) is 5.75 Å². The van der Waals surface area contributed by atoms with Gasteiger partial charge in [0, 0.05) is 36.5 Å². The van der Waals surface area contributed by atoms with Crippen LogP contribution in [0.25, 0.3) is 0 Å². The molecule has 1 amide bonds. The van der Waals surface area contributed by atoms with Crippen LogP contribution in [0.1, 0.15) is 24.1 Å². The summed E-state index contributed by atoms with van der Waals surface area (Å²) in [5.74, 6) is 0.103. The number of esters is 1. The minimum atomic E-state index is -4.48.